The largest absolute Gasteiger partial charge is 0.493 e. The zero-order chi connectivity index (χ0) is 20.3. The first-order chi connectivity index (χ1) is 12.8. The summed E-state index contributed by atoms with van der Waals surface area (Å²) in [6.45, 7) is 5.38. The fourth-order valence-electron chi connectivity index (χ4n) is 2.53. The minimum Gasteiger partial charge on any atom is -0.493 e. The van der Waals surface area contributed by atoms with Gasteiger partial charge in [0.25, 0.3) is 0 Å². The molecule has 0 aliphatic rings. The molecule has 0 heterocycles. The Morgan fingerprint density at radius 2 is 1.89 bits per heavy atom. The molecule has 7 nitrogen and oxygen atoms in total. The molecule has 0 aliphatic heterocycles. The number of methoxy groups -OCH3 is 2. The van der Waals surface area contributed by atoms with Gasteiger partial charge in [-0.3, -0.25) is 4.99 Å². The van der Waals surface area contributed by atoms with Crippen molar-refractivity contribution in [3.05, 3.63) is 23.8 Å². The summed E-state index contributed by atoms with van der Waals surface area (Å²) in [6, 6.07) is 5.96. The van der Waals surface area contributed by atoms with Crippen molar-refractivity contribution in [1.29, 1.82) is 0 Å². The summed E-state index contributed by atoms with van der Waals surface area (Å²) in [4.78, 5) is 4.58. The van der Waals surface area contributed by atoms with Gasteiger partial charge in [0.1, 0.15) is 9.84 Å². The van der Waals surface area contributed by atoms with Gasteiger partial charge in [0.05, 0.1) is 20.0 Å². The van der Waals surface area contributed by atoms with Crippen molar-refractivity contribution in [2.75, 3.05) is 39.3 Å². The van der Waals surface area contributed by atoms with Crippen LogP contribution in [0.1, 0.15) is 32.3 Å². The number of halogens is 1. The molecule has 162 valence electrons. The number of sulfone groups is 1. The summed E-state index contributed by atoms with van der Waals surface area (Å²) in [5.41, 5.74) is 1.17. The Morgan fingerprint density at radius 3 is 2.46 bits per heavy atom. The number of ether oxygens (including phenoxy) is 2. The number of nitrogens with one attached hydrogen (secondary N) is 2. The second-order valence-corrected chi connectivity index (χ2v) is 8.78. The van der Waals surface area contributed by atoms with Crippen molar-refractivity contribution < 1.29 is 17.9 Å². The fourth-order valence-corrected chi connectivity index (χ4v) is 3.31. The Kier molecular flexibility index (Phi) is 13.3. The van der Waals surface area contributed by atoms with Crippen molar-refractivity contribution in [1.82, 2.24) is 10.6 Å². The lowest BCUT2D eigenvalue weighted by Gasteiger charge is -2.17. The third-order valence-electron chi connectivity index (χ3n) is 3.99. The molecule has 1 rings (SSSR count). The molecule has 0 saturated carbocycles. The van der Waals surface area contributed by atoms with Crippen molar-refractivity contribution in [2.24, 2.45) is 4.99 Å². The first-order valence-electron chi connectivity index (χ1n) is 9.22. The Morgan fingerprint density at radius 1 is 1.21 bits per heavy atom. The van der Waals surface area contributed by atoms with E-state index in [-0.39, 0.29) is 35.8 Å². The van der Waals surface area contributed by atoms with E-state index in [0.29, 0.717) is 18.9 Å². The maximum Gasteiger partial charge on any atom is 0.191 e. The third kappa shape index (κ3) is 10.9. The number of nitrogens with zero attached hydrogens (tertiary/aromatic N) is 1. The maximum atomic E-state index is 11.3. The summed E-state index contributed by atoms with van der Waals surface area (Å²) in [5.74, 6) is 2.33. The predicted molar refractivity (Wildman–Crippen MR) is 126 cm³/mol. The van der Waals surface area contributed by atoms with Crippen LogP contribution >= 0.6 is 24.0 Å². The lowest BCUT2D eigenvalue weighted by atomic mass is 10.1. The molecule has 2 N–H and O–H groups in total. The van der Waals surface area contributed by atoms with E-state index in [9.17, 15) is 8.42 Å². The Hall–Kier alpha value is -1.23. The molecule has 0 amide bonds. The minimum atomic E-state index is -2.95. The van der Waals surface area contributed by atoms with Crippen LogP contribution in [0.5, 0.6) is 11.5 Å². The zero-order valence-electron chi connectivity index (χ0n) is 17.4. The van der Waals surface area contributed by atoms with Gasteiger partial charge in [-0.1, -0.05) is 6.07 Å². The van der Waals surface area contributed by atoms with Crippen LogP contribution in [0.15, 0.2) is 23.2 Å². The first-order valence-corrected chi connectivity index (χ1v) is 11.3. The molecule has 1 aromatic carbocycles. The molecule has 0 radical (unpaired) electrons. The minimum absolute atomic E-state index is 0. The molecular weight excluding hydrogens is 493 g/mol. The number of aliphatic imine (C=N–C) groups is 1. The maximum absolute atomic E-state index is 11.3. The normalized spacial score (nSPS) is 12.7. The van der Waals surface area contributed by atoms with E-state index in [0.717, 1.165) is 30.9 Å². The molecule has 0 aliphatic carbocycles. The lowest BCUT2D eigenvalue weighted by Crippen LogP contribution is -2.42. The molecule has 0 fully saturated rings. The molecule has 1 atom stereocenters. The van der Waals surface area contributed by atoms with Crippen LogP contribution in [-0.4, -0.2) is 59.7 Å². The van der Waals surface area contributed by atoms with Crippen LogP contribution < -0.4 is 20.1 Å². The highest BCUT2D eigenvalue weighted by Gasteiger charge is 2.09. The standard InChI is InChI=1S/C19H33N3O4S.HI/c1-6-20-19(22-15(2)11-13-27(5,23)24)21-12-7-8-16-9-10-17(25-3)18(14-16)26-4;/h9-10,14-15H,6-8,11-13H2,1-5H3,(H2,20,21,22);1H. The van der Waals surface area contributed by atoms with Gasteiger partial charge in [-0.25, -0.2) is 8.42 Å². The van der Waals surface area contributed by atoms with Gasteiger partial charge >= 0.3 is 0 Å². The predicted octanol–water partition coefficient (Wildman–Crippen LogP) is 2.63. The van der Waals surface area contributed by atoms with Crippen LogP contribution in [0.2, 0.25) is 0 Å². The van der Waals surface area contributed by atoms with Crippen LogP contribution in [0, 0.1) is 0 Å². The number of benzene rings is 1. The number of hydrogen-bond acceptors (Lipinski definition) is 5. The molecule has 0 saturated heterocycles. The Bertz CT molecular complexity index is 711. The average Bonchev–Trinajstić information content (AvgIpc) is 2.62. The van der Waals surface area contributed by atoms with Crippen molar-refractivity contribution in [3.63, 3.8) is 0 Å². The van der Waals surface area contributed by atoms with Crippen molar-refractivity contribution in [3.8, 4) is 11.5 Å². The van der Waals surface area contributed by atoms with E-state index in [1.165, 1.54) is 11.8 Å². The van der Waals surface area contributed by atoms with Crippen LogP contribution in [-0.2, 0) is 16.3 Å². The molecule has 9 heteroatoms. The van der Waals surface area contributed by atoms with Gasteiger partial charge in [0.15, 0.2) is 17.5 Å². The van der Waals surface area contributed by atoms with E-state index in [2.05, 4.69) is 15.6 Å². The Labute approximate surface area is 186 Å². The molecule has 0 bridgehead atoms. The van der Waals surface area contributed by atoms with E-state index in [1.54, 1.807) is 14.2 Å². The van der Waals surface area contributed by atoms with E-state index >= 15 is 0 Å². The highest BCUT2D eigenvalue weighted by molar-refractivity contribution is 14.0. The van der Waals surface area contributed by atoms with E-state index in [1.807, 2.05) is 32.0 Å². The topological polar surface area (TPSA) is 89.0 Å². The fraction of sp³-hybridized carbons (Fsp3) is 0.632. The number of rotatable bonds is 11. The quantitative estimate of drug-likeness (QED) is 0.199. The van der Waals surface area contributed by atoms with Gasteiger partial charge in [0, 0.05) is 25.4 Å². The van der Waals surface area contributed by atoms with Gasteiger partial charge in [-0.05, 0) is 50.8 Å². The second kappa shape index (κ2) is 13.9. The van der Waals surface area contributed by atoms with Crippen LogP contribution in [0.3, 0.4) is 0 Å². The van der Waals surface area contributed by atoms with Crippen molar-refractivity contribution >= 4 is 39.8 Å². The summed E-state index contributed by atoms with van der Waals surface area (Å²) in [7, 11) is 0.305. The number of guanidine groups is 1. The summed E-state index contributed by atoms with van der Waals surface area (Å²) < 4.78 is 33.2. The first kappa shape index (κ1) is 26.8. The van der Waals surface area contributed by atoms with E-state index < -0.39 is 9.84 Å². The molecule has 0 aromatic heterocycles. The smallest absolute Gasteiger partial charge is 0.191 e. The summed E-state index contributed by atoms with van der Waals surface area (Å²) in [6.07, 6.45) is 3.58. The monoisotopic (exact) mass is 527 g/mol. The number of hydrogen-bond donors (Lipinski definition) is 2. The van der Waals surface area contributed by atoms with Gasteiger partial charge in [0.2, 0.25) is 0 Å². The SMILES string of the molecule is CCNC(=NCCCc1ccc(OC)c(OC)c1)NC(C)CCS(C)(=O)=O.I. The second-order valence-electron chi connectivity index (χ2n) is 6.52. The molecule has 28 heavy (non-hydrogen) atoms. The van der Waals surface area contributed by atoms with Crippen molar-refractivity contribution in [2.45, 2.75) is 39.2 Å². The lowest BCUT2D eigenvalue weighted by molar-refractivity contribution is 0.354. The highest BCUT2D eigenvalue weighted by Crippen LogP contribution is 2.27. The molecule has 1 unspecified atom stereocenters. The summed E-state index contributed by atoms with van der Waals surface area (Å²) >= 11 is 0. The van der Waals surface area contributed by atoms with Gasteiger partial charge < -0.3 is 20.1 Å². The average molecular weight is 527 g/mol. The Balaban J connectivity index is 0.00000729. The zero-order valence-corrected chi connectivity index (χ0v) is 20.6. The number of aryl methyl sites for hydroxylation is 1. The van der Waals surface area contributed by atoms with Crippen LogP contribution in [0.4, 0.5) is 0 Å². The highest BCUT2D eigenvalue weighted by atomic mass is 127. The third-order valence-corrected chi connectivity index (χ3v) is 4.97. The van der Waals surface area contributed by atoms with Gasteiger partial charge in [-0.15, -0.1) is 24.0 Å². The van der Waals surface area contributed by atoms with Crippen LogP contribution in [0.25, 0.3) is 0 Å². The summed E-state index contributed by atoms with van der Waals surface area (Å²) in [5, 5.41) is 6.46. The van der Waals surface area contributed by atoms with Gasteiger partial charge in [-0.2, -0.15) is 0 Å². The van der Waals surface area contributed by atoms with E-state index in [4.69, 9.17) is 9.47 Å². The molecule has 1 aromatic rings. The molecular formula is C19H34IN3O4S. The molecule has 0 spiro atoms.